The molecule has 0 atom stereocenters. The van der Waals surface area contributed by atoms with E-state index in [2.05, 4.69) is 0 Å². The zero-order valence-electron chi connectivity index (χ0n) is 12.2. The van der Waals surface area contributed by atoms with Gasteiger partial charge >= 0.3 is 0 Å². The highest BCUT2D eigenvalue weighted by Crippen LogP contribution is 2.30. The average Bonchev–Trinajstić information content (AvgIpc) is 2.96. The molecule has 0 spiro atoms. The van der Waals surface area contributed by atoms with Crippen LogP contribution in [0.4, 0.5) is 0 Å². The summed E-state index contributed by atoms with van der Waals surface area (Å²) in [7, 11) is 0. The van der Waals surface area contributed by atoms with Gasteiger partial charge in [-0.25, -0.2) is 0 Å². The Bertz CT molecular complexity index is 426. The van der Waals surface area contributed by atoms with Crippen molar-refractivity contribution < 1.29 is 14.6 Å². The summed E-state index contributed by atoms with van der Waals surface area (Å²) in [5, 5.41) is 9.20. The van der Waals surface area contributed by atoms with Gasteiger partial charge in [0, 0.05) is 12.0 Å². The Balaban J connectivity index is 0.000000956. The number of aliphatic hydroxyl groups is 1. The van der Waals surface area contributed by atoms with Crippen molar-refractivity contribution in [1.82, 2.24) is 0 Å². The SMILES string of the molecule is CC.O=C(CCO)c1ccc(OC2CCCC2)c(Cl)c1. The van der Waals surface area contributed by atoms with E-state index in [1.54, 1.807) is 18.2 Å². The molecule has 1 N–H and O–H groups in total. The minimum Gasteiger partial charge on any atom is -0.489 e. The molecular weight excluding hydrogens is 276 g/mol. The molecule has 1 saturated carbocycles. The number of ketones is 1. The quantitative estimate of drug-likeness (QED) is 0.827. The second-order valence-electron chi connectivity index (χ2n) is 4.57. The summed E-state index contributed by atoms with van der Waals surface area (Å²) in [5.74, 6) is 0.538. The summed E-state index contributed by atoms with van der Waals surface area (Å²) < 4.78 is 5.81. The molecule has 0 aromatic heterocycles. The van der Waals surface area contributed by atoms with Crippen molar-refractivity contribution in [2.24, 2.45) is 0 Å². The number of carbonyl (C=O) groups is 1. The van der Waals surface area contributed by atoms with Gasteiger partial charge in [0.1, 0.15) is 5.75 Å². The molecule has 1 aliphatic rings. The van der Waals surface area contributed by atoms with Crippen LogP contribution in [0.15, 0.2) is 18.2 Å². The zero-order chi connectivity index (χ0) is 15.0. The van der Waals surface area contributed by atoms with Gasteiger partial charge in [-0.3, -0.25) is 4.79 Å². The van der Waals surface area contributed by atoms with Gasteiger partial charge < -0.3 is 9.84 Å². The second kappa shape index (κ2) is 8.98. The van der Waals surface area contributed by atoms with E-state index in [4.69, 9.17) is 21.4 Å². The summed E-state index contributed by atoms with van der Waals surface area (Å²) in [4.78, 5) is 11.6. The molecule has 0 unspecified atom stereocenters. The first-order chi connectivity index (χ1) is 9.70. The van der Waals surface area contributed by atoms with Gasteiger partial charge in [-0.15, -0.1) is 0 Å². The molecule has 0 saturated heterocycles. The molecule has 1 aromatic carbocycles. The van der Waals surface area contributed by atoms with Crippen molar-refractivity contribution in [2.75, 3.05) is 6.61 Å². The lowest BCUT2D eigenvalue weighted by molar-refractivity contribution is 0.0956. The molecule has 1 aliphatic carbocycles. The van der Waals surface area contributed by atoms with Crippen LogP contribution in [0.25, 0.3) is 0 Å². The molecule has 112 valence electrons. The molecule has 0 bridgehead atoms. The topological polar surface area (TPSA) is 46.5 Å². The maximum Gasteiger partial charge on any atom is 0.165 e. The zero-order valence-corrected chi connectivity index (χ0v) is 12.9. The summed E-state index contributed by atoms with van der Waals surface area (Å²) in [6.45, 7) is 3.86. The number of ether oxygens (including phenoxy) is 1. The third-order valence-corrected chi connectivity index (χ3v) is 3.48. The third kappa shape index (κ3) is 4.80. The van der Waals surface area contributed by atoms with Crippen molar-refractivity contribution in [3.05, 3.63) is 28.8 Å². The van der Waals surface area contributed by atoms with Crippen LogP contribution in [0.1, 0.15) is 56.3 Å². The van der Waals surface area contributed by atoms with E-state index in [1.807, 2.05) is 13.8 Å². The van der Waals surface area contributed by atoms with E-state index in [0.717, 1.165) is 12.8 Å². The van der Waals surface area contributed by atoms with Gasteiger partial charge in [0.2, 0.25) is 0 Å². The average molecular weight is 299 g/mol. The van der Waals surface area contributed by atoms with Gasteiger partial charge in [0.15, 0.2) is 5.78 Å². The van der Waals surface area contributed by atoms with Gasteiger partial charge in [0.25, 0.3) is 0 Å². The molecule has 0 radical (unpaired) electrons. The maximum absolute atomic E-state index is 11.6. The summed E-state index contributed by atoms with van der Waals surface area (Å²) in [6.07, 6.45) is 4.92. The Hall–Kier alpha value is -1.06. The number of Topliss-reactive ketones (excluding diaryl/α,β-unsaturated/α-hetero) is 1. The van der Waals surface area contributed by atoms with Crippen molar-refractivity contribution in [2.45, 2.75) is 52.1 Å². The first-order valence-corrected chi connectivity index (χ1v) is 7.69. The third-order valence-electron chi connectivity index (χ3n) is 3.19. The van der Waals surface area contributed by atoms with Crippen LogP contribution < -0.4 is 4.74 Å². The van der Waals surface area contributed by atoms with Crippen molar-refractivity contribution in [1.29, 1.82) is 0 Å². The summed E-state index contributed by atoms with van der Waals surface area (Å²) >= 11 is 6.11. The van der Waals surface area contributed by atoms with E-state index in [1.165, 1.54) is 12.8 Å². The van der Waals surface area contributed by atoms with Crippen molar-refractivity contribution in [3.63, 3.8) is 0 Å². The number of halogens is 1. The van der Waals surface area contributed by atoms with Crippen LogP contribution in [0.3, 0.4) is 0 Å². The lowest BCUT2D eigenvalue weighted by Gasteiger charge is -2.14. The second-order valence-corrected chi connectivity index (χ2v) is 4.97. The number of hydrogen-bond donors (Lipinski definition) is 1. The highest BCUT2D eigenvalue weighted by Gasteiger charge is 2.18. The molecule has 3 nitrogen and oxygen atoms in total. The van der Waals surface area contributed by atoms with E-state index >= 15 is 0 Å². The fraction of sp³-hybridized carbons (Fsp3) is 0.562. The standard InChI is InChI=1S/C14H17ClO3.C2H6/c15-12-9-10(13(17)7-8-16)5-6-14(12)18-11-3-1-2-4-11;1-2/h5-6,9,11,16H,1-4,7-8H2;1-2H3. The highest BCUT2D eigenvalue weighted by molar-refractivity contribution is 6.32. The lowest BCUT2D eigenvalue weighted by Crippen LogP contribution is -2.11. The first-order valence-electron chi connectivity index (χ1n) is 7.31. The Morgan fingerprint density at radius 2 is 2.00 bits per heavy atom. The predicted molar refractivity (Wildman–Crippen MR) is 81.7 cm³/mol. The monoisotopic (exact) mass is 298 g/mol. The molecular formula is C16H23ClO3. The highest BCUT2D eigenvalue weighted by atomic mass is 35.5. The molecule has 1 aromatic rings. The molecule has 2 rings (SSSR count). The number of aliphatic hydroxyl groups excluding tert-OH is 1. The Morgan fingerprint density at radius 3 is 2.55 bits per heavy atom. The Kier molecular flexibility index (Phi) is 7.63. The van der Waals surface area contributed by atoms with Crippen LogP contribution in [0, 0.1) is 0 Å². The van der Waals surface area contributed by atoms with E-state index in [9.17, 15) is 4.79 Å². The number of benzene rings is 1. The summed E-state index contributed by atoms with van der Waals surface area (Å²) in [6, 6.07) is 5.06. The van der Waals surface area contributed by atoms with E-state index in [0.29, 0.717) is 16.3 Å². The van der Waals surface area contributed by atoms with Crippen LogP contribution in [-0.4, -0.2) is 23.6 Å². The van der Waals surface area contributed by atoms with Crippen molar-refractivity contribution >= 4 is 17.4 Å². The number of hydrogen-bond acceptors (Lipinski definition) is 3. The predicted octanol–water partition coefficient (Wildman–Crippen LogP) is 4.25. The van der Waals surface area contributed by atoms with Crippen molar-refractivity contribution in [3.8, 4) is 5.75 Å². The van der Waals surface area contributed by atoms with Gasteiger partial charge in [-0.2, -0.15) is 0 Å². The van der Waals surface area contributed by atoms with Gasteiger partial charge in [0.05, 0.1) is 17.7 Å². The fourth-order valence-electron chi connectivity index (χ4n) is 2.20. The maximum atomic E-state index is 11.6. The Morgan fingerprint density at radius 1 is 1.35 bits per heavy atom. The van der Waals surface area contributed by atoms with Crippen LogP contribution in [0.2, 0.25) is 5.02 Å². The van der Waals surface area contributed by atoms with Crippen LogP contribution >= 0.6 is 11.6 Å². The largest absolute Gasteiger partial charge is 0.489 e. The van der Waals surface area contributed by atoms with Crippen LogP contribution in [0.5, 0.6) is 5.75 Å². The molecule has 0 aliphatic heterocycles. The normalized spacial score (nSPS) is 14.6. The minimum atomic E-state index is -0.142. The van der Waals surface area contributed by atoms with E-state index < -0.39 is 0 Å². The minimum absolute atomic E-state index is 0.105. The molecule has 1 fully saturated rings. The van der Waals surface area contributed by atoms with Gasteiger partial charge in [-0.1, -0.05) is 25.4 Å². The molecule has 4 heteroatoms. The number of carbonyl (C=O) groups excluding carboxylic acids is 1. The smallest absolute Gasteiger partial charge is 0.165 e. The number of rotatable bonds is 5. The first kappa shape index (κ1) is 17.0. The lowest BCUT2D eigenvalue weighted by atomic mass is 10.1. The fourth-order valence-corrected chi connectivity index (χ4v) is 2.43. The molecule has 0 amide bonds. The van der Waals surface area contributed by atoms with E-state index in [-0.39, 0.29) is 24.9 Å². The van der Waals surface area contributed by atoms with Gasteiger partial charge in [-0.05, 0) is 43.9 Å². The van der Waals surface area contributed by atoms with Crippen LogP contribution in [-0.2, 0) is 0 Å². The molecule has 0 heterocycles. The Labute approximate surface area is 125 Å². The summed E-state index contributed by atoms with van der Waals surface area (Å²) in [5.41, 5.74) is 0.521. The molecule has 20 heavy (non-hydrogen) atoms.